The Balaban J connectivity index is 1.67. The lowest BCUT2D eigenvalue weighted by Crippen LogP contribution is -2.42. The highest BCUT2D eigenvalue weighted by Gasteiger charge is 2.40. The maximum absolute atomic E-state index is 14.4. The van der Waals surface area contributed by atoms with Gasteiger partial charge in [-0.3, -0.25) is 19.5 Å². The van der Waals surface area contributed by atoms with Crippen LogP contribution in [0.2, 0.25) is 5.02 Å². The standard InChI is InChI=1S/C30H29ClFN5O2S/c1-30(2,3)28-26-27(20-9-6-10-21(32)14-20)40-18-25(39)36(17-24(38)34-16-19-8-7-13-33-15-19)29(26)37(35-28)23-12-5-4-11-22(23)31/h4-15,27H,16-18H2,1-3H3,(H,34,38). The van der Waals surface area contributed by atoms with Gasteiger partial charge in [0.25, 0.3) is 0 Å². The van der Waals surface area contributed by atoms with Gasteiger partial charge in [0, 0.05) is 29.9 Å². The van der Waals surface area contributed by atoms with Crippen LogP contribution in [0.1, 0.15) is 48.4 Å². The summed E-state index contributed by atoms with van der Waals surface area (Å²) >= 11 is 8.04. The van der Waals surface area contributed by atoms with Crippen LogP contribution in [0.4, 0.5) is 10.2 Å². The molecule has 1 aliphatic heterocycles. The molecule has 0 aliphatic carbocycles. The fraction of sp³-hybridized carbons (Fsp3) is 0.267. The molecule has 7 nitrogen and oxygen atoms in total. The van der Waals surface area contributed by atoms with E-state index in [-0.39, 0.29) is 36.5 Å². The Bertz CT molecular complexity index is 1550. The van der Waals surface area contributed by atoms with Crippen LogP contribution in [0.5, 0.6) is 0 Å². The summed E-state index contributed by atoms with van der Waals surface area (Å²) in [7, 11) is 0. The molecule has 1 atom stereocenters. The van der Waals surface area contributed by atoms with Crippen LogP contribution >= 0.6 is 23.4 Å². The number of rotatable bonds is 6. The zero-order valence-corrected chi connectivity index (χ0v) is 24.0. The molecule has 0 radical (unpaired) electrons. The number of carbonyl (C=O) groups excluding carboxylic acids is 2. The molecular weight excluding hydrogens is 549 g/mol. The topological polar surface area (TPSA) is 80.1 Å². The van der Waals surface area contributed by atoms with Crippen LogP contribution in [0.3, 0.4) is 0 Å². The first-order chi connectivity index (χ1) is 19.1. The summed E-state index contributed by atoms with van der Waals surface area (Å²) in [5.41, 5.74) is 3.19. The molecule has 1 N–H and O–H groups in total. The third-order valence-electron chi connectivity index (χ3n) is 6.55. The van der Waals surface area contributed by atoms with Crippen LogP contribution in [0.25, 0.3) is 5.69 Å². The zero-order chi connectivity index (χ0) is 28.4. The van der Waals surface area contributed by atoms with Gasteiger partial charge in [-0.2, -0.15) is 5.10 Å². The molecule has 5 rings (SSSR count). The molecule has 1 unspecified atom stereocenters. The number of para-hydroxylation sites is 1. The summed E-state index contributed by atoms with van der Waals surface area (Å²) in [6, 6.07) is 17.3. The van der Waals surface area contributed by atoms with Gasteiger partial charge in [-0.25, -0.2) is 9.07 Å². The Morgan fingerprint density at radius 1 is 1.15 bits per heavy atom. The first-order valence-corrected chi connectivity index (χ1v) is 14.3. The second kappa shape index (κ2) is 11.4. The maximum atomic E-state index is 14.4. The van der Waals surface area contributed by atoms with Crippen molar-refractivity contribution in [2.75, 3.05) is 17.2 Å². The fourth-order valence-electron chi connectivity index (χ4n) is 4.70. The van der Waals surface area contributed by atoms with Gasteiger partial charge in [0.1, 0.15) is 18.2 Å². The van der Waals surface area contributed by atoms with Gasteiger partial charge < -0.3 is 5.32 Å². The predicted molar refractivity (Wildman–Crippen MR) is 156 cm³/mol. The molecule has 40 heavy (non-hydrogen) atoms. The minimum Gasteiger partial charge on any atom is -0.350 e. The molecule has 4 aromatic rings. The summed E-state index contributed by atoms with van der Waals surface area (Å²) in [6.07, 6.45) is 3.34. The minimum atomic E-state index is -0.440. The molecule has 0 bridgehead atoms. The van der Waals surface area contributed by atoms with E-state index in [4.69, 9.17) is 16.7 Å². The Hall–Kier alpha value is -3.69. The summed E-state index contributed by atoms with van der Waals surface area (Å²) in [6.45, 7) is 6.17. The normalized spacial score (nSPS) is 15.5. The van der Waals surface area contributed by atoms with Crippen molar-refractivity contribution in [1.29, 1.82) is 0 Å². The Morgan fingerprint density at radius 3 is 2.65 bits per heavy atom. The average Bonchev–Trinajstić information content (AvgIpc) is 3.26. The fourth-order valence-corrected chi connectivity index (χ4v) is 6.10. The second-order valence-corrected chi connectivity index (χ2v) is 12.1. The number of thioether (sulfide) groups is 1. The maximum Gasteiger partial charge on any atom is 0.240 e. The summed E-state index contributed by atoms with van der Waals surface area (Å²) in [5, 5.41) is 7.95. The smallest absolute Gasteiger partial charge is 0.240 e. The van der Waals surface area contributed by atoms with E-state index in [9.17, 15) is 14.0 Å². The van der Waals surface area contributed by atoms with Crippen LogP contribution in [0, 0.1) is 5.82 Å². The molecule has 206 valence electrons. The highest BCUT2D eigenvalue weighted by Crippen LogP contribution is 2.48. The number of anilines is 1. The third kappa shape index (κ3) is 5.76. The van der Waals surface area contributed by atoms with Crippen molar-refractivity contribution in [3.8, 4) is 5.69 Å². The number of amides is 2. The molecule has 0 spiro atoms. The molecule has 10 heteroatoms. The number of hydrogen-bond donors (Lipinski definition) is 1. The van der Waals surface area contributed by atoms with E-state index in [0.717, 1.165) is 16.8 Å². The number of fused-ring (bicyclic) bond motifs is 1. The van der Waals surface area contributed by atoms with E-state index in [1.54, 1.807) is 35.3 Å². The monoisotopic (exact) mass is 577 g/mol. The van der Waals surface area contributed by atoms with E-state index in [1.807, 2.05) is 51.1 Å². The molecular formula is C30H29ClFN5O2S. The Kier molecular flexibility index (Phi) is 7.96. The Morgan fingerprint density at radius 2 is 1.95 bits per heavy atom. The van der Waals surface area contributed by atoms with Gasteiger partial charge in [-0.05, 0) is 41.5 Å². The van der Waals surface area contributed by atoms with Crippen LogP contribution < -0.4 is 10.2 Å². The average molecular weight is 578 g/mol. The first kappa shape index (κ1) is 27.9. The van der Waals surface area contributed by atoms with Gasteiger partial charge in [-0.1, -0.05) is 62.7 Å². The lowest BCUT2D eigenvalue weighted by atomic mass is 9.87. The van der Waals surface area contributed by atoms with Crippen molar-refractivity contribution in [2.45, 2.75) is 38.0 Å². The molecule has 0 fully saturated rings. The van der Waals surface area contributed by atoms with Crippen molar-refractivity contribution in [2.24, 2.45) is 0 Å². The molecule has 0 saturated carbocycles. The van der Waals surface area contributed by atoms with E-state index in [1.165, 1.54) is 28.8 Å². The quantitative estimate of drug-likeness (QED) is 0.311. The number of aromatic nitrogens is 3. The SMILES string of the molecule is CC(C)(C)c1nn(-c2ccccc2Cl)c2c1C(c1cccc(F)c1)SCC(=O)N2CC(=O)NCc1cccnc1. The summed E-state index contributed by atoms with van der Waals surface area (Å²) in [4.78, 5) is 32.5. The number of pyridine rings is 1. The summed E-state index contributed by atoms with van der Waals surface area (Å²) < 4.78 is 16.1. The van der Waals surface area contributed by atoms with Crippen molar-refractivity contribution in [1.82, 2.24) is 20.1 Å². The lowest BCUT2D eigenvalue weighted by Gasteiger charge is -2.24. The number of halogens is 2. The molecule has 1 aliphatic rings. The van der Waals surface area contributed by atoms with Gasteiger partial charge >= 0.3 is 0 Å². The van der Waals surface area contributed by atoms with Gasteiger partial charge in [-0.15, -0.1) is 11.8 Å². The van der Waals surface area contributed by atoms with Crippen LogP contribution in [-0.4, -0.2) is 38.9 Å². The van der Waals surface area contributed by atoms with Gasteiger partial charge in [0.15, 0.2) is 0 Å². The van der Waals surface area contributed by atoms with Crippen LogP contribution in [0.15, 0.2) is 73.1 Å². The number of nitrogens with zero attached hydrogens (tertiary/aromatic N) is 4. The molecule has 0 saturated heterocycles. The minimum absolute atomic E-state index is 0.0951. The van der Waals surface area contributed by atoms with Gasteiger partial charge in [0.2, 0.25) is 11.8 Å². The van der Waals surface area contributed by atoms with E-state index >= 15 is 0 Å². The van der Waals surface area contributed by atoms with Crippen molar-refractivity contribution in [3.05, 3.63) is 106 Å². The van der Waals surface area contributed by atoms with Crippen LogP contribution in [-0.2, 0) is 21.5 Å². The highest BCUT2D eigenvalue weighted by molar-refractivity contribution is 8.00. The van der Waals surface area contributed by atoms with Crippen molar-refractivity contribution >= 4 is 41.0 Å². The number of nitrogens with one attached hydrogen (secondary N) is 1. The molecule has 2 aromatic heterocycles. The van der Waals surface area contributed by atoms with Gasteiger partial charge in [0.05, 0.1) is 27.4 Å². The number of benzene rings is 2. The molecule has 3 heterocycles. The van der Waals surface area contributed by atoms with Crippen molar-refractivity contribution < 1.29 is 14.0 Å². The number of hydrogen-bond acceptors (Lipinski definition) is 5. The Labute approximate surface area is 241 Å². The van der Waals surface area contributed by atoms with E-state index in [2.05, 4.69) is 10.3 Å². The third-order valence-corrected chi connectivity index (χ3v) is 8.12. The zero-order valence-electron chi connectivity index (χ0n) is 22.4. The van der Waals surface area contributed by atoms with E-state index < -0.39 is 10.7 Å². The second-order valence-electron chi connectivity index (χ2n) is 10.6. The lowest BCUT2D eigenvalue weighted by molar-refractivity contribution is -0.123. The summed E-state index contributed by atoms with van der Waals surface area (Å²) in [5.74, 6) is -0.397. The highest BCUT2D eigenvalue weighted by atomic mass is 35.5. The first-order valence-electron chi connectivity index (χ1n) is 12.8. The number of carbonyl (C=O) groups is 2. The molecule has 2 amide bonds. The molecule has 2 aromatic carbocycles. The predicted octanol–water partition coefficient (Wildman–Crippen LogP) is 5.84. The van der Waals surface area contributed by atoms with E-state index in [0.29, 0.717) is 22.1 Å². The van der Waals surface area contributed by atoms with Crippen molar-refractivity contribution in [3.63, 3.8) is 0 Å². The largest absolute Gasteiger partial charge is 0.350 e.